The summed E-state index contributed by atoms with van der Waals surface area (Å²) < 4.78 is 0. The van der Waals surface area contributed by atoms with Gasteiger partial charge in [-0.15, -0.1) is 22.7 Å². The maximum absolute atomic E-state index is 12.6. The van der Waals surface area contributed by atoms with Crippen LogP contribution in [-0.2, 0) is 17.9 Å². The Kier molecular flexibility index (Phi) is 6.02. The molecule has 0 unspecified atom stereocenters. The molecule has 1 aromatic carbocycles. The molecule has 3 aromatic rings. The fourth-order valence-electron chi connectivity index (χ4n) is 2.81. The summed E-state index contributed by atoms with van der Waals surface area (Å²) in [6, 6.07) is 14.4. The number of anilines is 1. The van der Waals surface area contributed by atoms with Crippen molar-refractivity contribution in [3.63, 3.8) is 0 Å². The number of amides is 1. The molecule has 1 amide bonds. The number of benzene rings is 1. The van der Waals surface area contributed by atoms with Gasteiger partial charge in [0.2, 0.25) is 0 Å². The predicted octanol–water partition coefficient (Wildman–Crippen LogP) is 3.65. The number of carbonyl (C=O) groups excluding carboxylic acids is 1. The topological polar surface area (TPSA) is 33.5 Å². The zero-order valence-corrected chi connectivity index (χ0v) is 16.2. The molecule has 0 aliphatic carbocycles. The Hall–Kier alpha value is -1.95. The smallest absolute Gasteiger partial charge is 0.279 e. The fourth-order valence-corrected chi connectivity index (χ4v) is 4.37. The highest BCUT2D eigenvalue weighted by Gasteiger charge is 2.17. The Morgan fingerprint density at radius 1 is 0.960 bits per heavy atom. The normalized spacial score (nSPS) is 11.0. The lowest BCUT2D eigenvalue weighted by Crippen LogP contribution is -3.10. The summed E-state index contributed by atoms with van der Waals surface area (Å²) in [6.07, 6.45) is 0. The Morgan fingerprint density at radius 2 is 1.60 bits per heavy atom. The number of nitrogens with one attached hydrogen (secondary N) is 2. The Labute approximate surface area is 156 Å². The summed E-state index contributed by atoms with van der Waals surface area (Å²) in [5.41, 5.74) is 3.24. The maximum atomic E-state index is 12.6. The van der Waals surface area contributed by atoms with Crippen LogP contribution < -0.4 is 10.2 Å². The number of quaternary nitrogens is 1. The molecule has 25 heavy (non-hydrogen) atoms. The summed E-state index contributed by atoms with van der Waals surface area (Å²) >= 11 is 3.50. The SMILES string of the molecule is Cc1cccc(NC(=O)C[NH+](Cc2cccs2)Cc2cccs2)c1C. The van der Waals surface area contributed by atoms with E-state index < -0.39 is 0 Å². The molecule has 0 bridgehead atoms. The number of aryl methyl sites for hydroxylation is 1. The fraction of sp³-hybridized carbons (Fsp3) is 0.250. The molecule has 0 radical (unpaired) electrons. The molecule has 5 heteroatoms. The quantitative estimate of drug-likeness (QED) is 0.653. The molecule has 0 spiro atoms. The summed E-state index contributed by atoms with van der Waals surface area (Å²) in [4.78, 5) is 16.5. The summed E-state index contributed by atoms with van der Waals surface area (Å²) in [7, 11) is 0. The number of hydrogen-bond donors (Lipinski definition) is 2. The van der Waals surface area contributed by atoms with Crippen LogP contribution in [0.4, 0.5) is 5.69 Å². The lowest BCUT2D eigenvalue weighted by molar-refractivity contribution is -0.918. The number of hydrogen-bond acceptors (Lipinski definition) is 3. The molecule has 0 aliphatic rings. The first-order valence-corrected chi connectivity index (χ1v) is 10.1. The molecule has 3 nitrogen and oxygen atoms in total. The van der Waals surface area contributed by atoms with Crippen LogP contribution in [0.15, 0.2) is 53.2 Å². The second-order valence-corrected chi connectivity index (χ2v) is 8.30. The molecule has 0 saturated heterocycles. The lowest BCUT2D eigenvalue weighted by Gasteiger charge is -2.18. The van der Waals surface area contributed by atoms with Gasteiger partial charge in [-0.05, 0) is 53.9 Å². The average Bonchev–Trinajstić information content (AvgIpc) is 3.26. The first kappa shape index (κ1) is 17.9. The van der Waals surface area contributed by atoms with Gasteiger partial charge in [0.05, 0.1) is 9.75 Å². The van der Waals surface area contributed by atoms with Crippen LogP contribution in [-0.4, -0.2) is 12.5 Å². The second-order valence-electron chi connectivity index (χ2n) is 6.23. The molecule has 2 heterocycles. The van der Waals surface area contributed by atoms with Crippen molar-refractivity contribution >= 4 is 34.3 Å². The van der Waals surface area contributed by atoms with Gasteiger partial charge in [-0.25, -0.2) is 0 Å². The van der Waals surface area contributed by atoms with Crippen molar-refractivity contribution in [2.24, 2.45) is 0 Å². The Bertz CT molecular complexity index is 774. The van der Waals surface area contributed by atoms with Crippen molar-refractivity contribution < 1.29 is 9.69 Å². The van der Waals surface area contributed by atoms with E-state index in [2.05, 4.69) is 53.3 Å². The Morgan fingerprint density at radius 3 is 2.16 bits per heavy atom. The van der Waals surface area contributed by atoms with Gasteiger partial charge in [-0.2, -0.15) is 0 Å². The molecule has 0 atom stereocenters. The van der Waals surface area contributed by atoms with Crippen LogP contribution in [0.25, 0.3) is 0 Å². The van der Waals surface area contributed by atoms with Gasteiger partial charge in [-0.3, -0.25) is 4.79 Å². The van der Waals surface area contributed by atoms with Crippen LogP contribution in [0.5, 0.6) is 0 Å². The van der Waals surface area contributed by atoms with Gasteiger partial charge in [0.25, 0.3) is 5.91 Å². The minimum absolute atomic E-state index is 0.0665. The molecular weight excluding hydrogens is 348 g/mol. The highest BCUT2D eigenvalue weighted by Crippen LogP contribution is 2.17. The van der Waals surface area contributed by atoms with E-state index in [-0.39, 0.29) is 5.91 Å². The first-order chi connectivity index (χ1) is 12.1. The lowest BCUT2D eigenvalue weighted by atomic mass is 10.1. The van der Waals surface area contributed by atoms with Crippen LogP contribution in [0.2, 0.25) is 0 Å². The van der Waals surface area contributed by atoms with Crippen molar-refractivity contribution in [1.29, 1.82) is 0 Å². The number of rotatable bonds is 7. The van der Waals surface area contributed by atoms with E-state index >= 15 is 0 Å². The summed E-state index contributed by atoms with van der Waals surface area (Å²) in [5, 5.41) is 7.27. The molecular formula is C20H23N2OS2+. The van der Waals surface area contributed by atoms with E-state index in [0.29, 0.717) is 6.54 Å². The third-order valence-electron chi connectivity index (χ3n) is 4.30. The van der Waals surface area contributed by atoms with E-state index in [9.17, 15) is 4.79 Å². The highest BCUT2D eigenvalue weighted by atomic mass is 32.1. The predicted molar refractivity (Wildman–Crippen MR) is 106 cm³/mol. The molecule has 2 N–H and O–H groups in total. The van der Waals surface area contributed by atoms with Gasteiger partial charge in [0.15, 0.2) is 6.54 Å². The van der Waals surface area contributed by atoms with Crippen molar-refractivity contribution in [1.82, 2.24) is 0 Å². The van der Waals surface area contributed by atoms with Gasteiger partial charge in [0.1, 0.15) is 13.1 Å². The van der Waals surface area contributed by atoms with Gasteiger partial charge < -0.3 is 10.2 Å². The van der Waals surface area contributed by atoms with E-state index in [1.54, 1.807) is 22.7 Å². The molecule has 0 saturated carbocycles. The number of thiophene rings is 2. The zero-order valence-electron chi connectivity index (χ0n) is 14.5. The van der Waals surface area contributed by atoms with Crippen molar-refractivity contribution in [2.45, 2.75) is 26.9 Å². The first-order valence-electron chi connectivity index (χ1n) is 8.36. The van der Waals surface area contributed by atoms with Crippen molar-refractivity contribution in [3.8, 4) is 0 Å². The van der Waals surface area contributed by atoms with Gasteiger partial charge in [0, 0.05) is 5.69 Å². The van der Waals surface area contributed by atoms with Crippen LogP contribution in [0, 0.1) is 13.8 Å². The van der Waals surface area contributed by atoms with Crippen LogP contribution in [0.1, 0.15) is 20.9 Å². The third kappa shape index (κ3) is 5.01. The zero-order chi connectivity index (χ0) is 17.6. The van der Waals surface area contributed by atoms with Gasteiger partial charge in [-0.1, -0.05) is 24.3 Å². The van der Waals surface area contributed by atoms with Crippen LogP contribution >= 0.6 is 22.7 Å². The van der Waals surface area contributed by atoms with E-state index in [1.807, 2.05) is 19.1 Å². The second kappa shape index (κ2) is 8.43. The highest BCUT2D eigenvalue weighted by molar-refractivity contribution is 7.10. The summed E-state index contributed by atoms with van der Waals surface area (Å²) in [5.74, 6) is 0.0665. The molecule has 0 fully saturated rings. The van der Waals surface area contributed by atoms with E-state index in [0.717, 1.165) is 24.3 Å². The largest absolute Gasteiger partial charge is 0.321 e. The van der Waals surface area contributed by atoms with E-state index in [4.69, 9.17) is 0 Å². The van der Waals surface area contributed by atoms with Gasteiger partial charge >= 0.3 is 0 Å². The van der Waals surface area contributed by atoms with E-state index in [1.165, 1.54) is 20.2 Å². The monoisotopic (exact) mass is 371 g/mol. The number of carbonyl (C=O) groups is 1. The molecule has 0 aliphatic heterocycles. The minimum Gasteiger partial charge on any atom is -0.321 e. The Balaban J connectivity index is 1.68. The third-order valence-corrected chi connectivity index (χ3v) is 6.05. The van der Waals surface area contributed by atoms with Crippen LogP contribution in [0.3, 0.4) is 0 Å². The average molecular weight is 372 g/mol. The molecule has 130 valence electrons. The standard InChI is InChI=1S/C20H22N2OS2/c1-15-6-3-9-19(16(15)2)21-20(23)14-22(12-17-7-4-10-24-17)13-18-8-5-11-25-18/h3-11H,12-14H2,1-2H3,(H,21,23)/p+1. The molecule has 2 aromatic heterocycles. The maximum Gasteiger partial charge on any atom is 0.279 e. The van der Waals surface area contributed by atoms with Crippen molar-refractivity contribution in [2.75, 3.05) is 11.9 Å². The van der Waals surface area contributed by atoms with Crippen molar-refractivity contribution in [3.05, 3.63) is 74.1 Å². The summed E-state index contributed by atoms with van der Waals surface area (Å²) in [6.45, 7) is 6.32. The molecule has 3 rings (SSSR count). The minimum atomic E-state index is 0.0665.